The SMILES string of the molecule is CO[C@H]1CC[C@]2(C)[C@H]3CC[C@]4(C)[C@@H]([C@H](C)CCCC(C)C)CC[C@H]4[C@H]3C[C@H](C#N)[C@@]2(O)C1. The highest BCUT2D eigenvalue weighted by molar-refractivity contribution is 5.20. The van der Waals surface area contributed by atoms with Crippen molar-refractivity contribution in [2.75, 3.05) is 7.11 Å². The average Bonchev–Trinajstić information content (AvgIpc) is 3.10. The summed E-state index contributed by atoms with van der Waals surface area (Å²) in [6, 6.07) is 2.61. The minimum absolute atomic E-state index is 0.0943. The number of aliphatic hydroxyl groups is 1. The number of hydrogen-bond acceptors (Lipinski definition) is 3. The summed E-state index contributed by atoms with van der Waals surface area (Å²) in [6.07, 6.45) is 13.0. The molecule has 0 aromatic heterocycles. The van der Waals surface area contributed by atoms with Crippen molar-refractivity contribution < 1.29 is 9.84 Å². The van der Waals surface area contributed by atoms with Gasteiger partial charge in [-0.1, -0.05) is 53.9 Å². The van der Waals surface area contributed by atoms with Crippen LogP contribution in [0.25, 0.3) is 0 Å². The van der Waals surface area contributed by atoms with E-state index in [-0.39, 0.29) is 17.4 Å². The summed E-state index contributed by atoms with van der Waals surface area (Å²) in [6.45, 7) is 12.2. The van der Waals surface area contributed by atoms with Crippen molar-refractivity contribution in [2.24, 2.45) is 52.3 Å². The zero-order valence-corrected chi connectivity index (χ0v) is 21.7. The van der Waals surface area contributed by atoms with Gasteiger partial charge in [0.1, 0.15) is 0 Å². The van der Waals surface area contributed by atoms with Crippen LogP contribution in [0.5, 0.6) is 0 Å². The highest BCUT2D eigenvalue weighted by atomic mass is 16.5. The van der Waals surface area contributed by atoms with Crippen LogP contribution in [-0.2, 0) is 4.74 Å². The van der Waals surface area contributed by atoms with E-state index in [4.69, 9.17) is 4.74 Å². The highest BCUT2D eigenvalue weighted by Gasteiger charge is 2.67. The molecule has 3 nitrogen and oxygen atoms in total. The third kappa shape index (κ3) is 3.67. The molecule has 0 spiro atoms. The first-order valence-electron chi connectivity index (χ1n) is 13.8. The summed E-state index contributed by atoms with van der Waals surface area (Å²) in [4.78, 5) is 0. The van der Waals surface area contributed by atoms with Gasteiger partial charge in [0.25, 0.3) is 0 Å². The number of ether oxygens (including phenoxy) is 1. The van der Waals surface area contributed by atoms with Crippen LogP contribution in [0, 0.1) is 63.6 Å². The van der Waals surface area contributed by atoms with Crippen LogP contribution >= 0.6 is 0 Å². The van der Waals surface area contributed by atoms with Gasteiger partial charge in [0, 0.05) is 18.9 Å². The van der Waals surface area contributed by atoms with Crippen LogP contribution in [0.2, 0.25) is 0 Å². The number of fused-ring (bicyclic) bond motifs is 5. The van der Waals surface area contributed by atoms with Crippen LogP contribution in [-0.4, -0.2) is 23.9 Å². The van der Waals surface area contributed by atoms with E-state index in [1.807, 2.05) is 0 Å². The van der Waals surface area contributed by atoms with Gasteiger partial charge >= 0.3 is 0 Å². The van der Waals surface area contributed by atoms with Crippen molar-refractivity contribution in [1.29, 1.82) is 5.26 Å². The third-order valence-electron chi connectivity index (χ3n) is 11.5. The van der Waals surface area contributed by atoms with Crippen LogP contribution in [0.4, 0.5) is 0 Å². The van der Waals surface area contributed by atoms with Crippen molar-refractivity contribution in [2.45, 2.75) is 117 Å². The molecule has 0 aromatic rings. The number of nitrogens with zero attached hydrogens (tertiary/aromatic N) is 1. The second-order valence-corrected chi connectivity index (χ2v) is 13.3. The minimum Gasteiger partial charge on any atom is -0.388 e. The van der Waals surface area contributed by atoms with Gasteiger partial charge in [-0.05, 0) is 85.9 Å². The van der Waals surface area contributed by atoms with E-state index in [2.05, 4.69) is 40.7 Å². The van der Waals surface area contributed by atoms with Gasteiger partial charge < -0.3 is 9.84 Å². The fourth-order valence-electron chi connectivity index (χ4n) is 9.67. The first kappa shape index (κ1) is 24.5. The van der Waals surface area contributed by atoms with Crippen molar-refractivity contribution >= 4 is 0 Å². The predicted molar refractivity (Wildman–Crippen MR) is 130 cm³/mol. The second-order valence-electron chi connectivity index (χ2n) is 13.3. The van der Waals surface area contributed by atoms with Crippen molar-refractivity contribution in [3.05, 3.63) is 0 Å². The largest absolute Gasteiger partial charge is 0.388 e. The van der Waals surface area contributed by atoms with Crippen LogP contribution in [0.3, 0.4) is 0 Å². The van der Waals surface area contributed by atoms with E-state index in [9.17, 15) is 10.4 Å². The third-order valence-corrected chi connectivity index (χ3v) is 11.5. The van der Waals surface area contributed by atoms with E-state index in [0.29, 0.717) is 23.7 Å². The predicted octanol–water partition coefficient (Wildman–Crippen LogP) is 6.99. The molecule has 4 aliphatic carbocycles. The normalized spacial score (nSPS) is 49.1. The monoisotopic (exact) mass is 443 g/mol. The molecule has 0 heterocycles. The molecule has 0 saturated heterocycles. The molecule has 4 saturated carbocycles. The molecule has 0 radical (unpaired) electrons. The molecule has 4 aliphatic rings. The van der Waals surface area contributed by atoms with E-state index < -0.39 is 5.60 Å². The molecule has 0 aromatic carbocycles. The lowest BCUT2D eigenvalue weighted by Crippen LogP contribution is -2.66. The lowest BCUT2D eigenvalue weighted by Gasteiger charge is -2.65. The summed E-state index contributed by atoms with van der Waals surface area (Å²) in [7, 11) is 1.76. The number of nitriles is 1. The molecular formula is C29H49NO2. The van der Waals surface area contributed by atoms with Gasteiger partial charge in [0.15, 0.2) is 0 Å². The zero-order valence-electron chi connectivity index (χ0n) is 21.7. The molecule has 32 heavy (non-hydrogen) atoms. The molecule has 1 N–H and O–H groups in total. The maximum atomic E-state index is 12.0. The molecule has 4 fully saturated rings. The molecule has 4 rings (SSSR count). The second kappa shape index (κ2) is 8.88. The van der Waals surface area contributed by atoms with E-state index in [0.717, 1.165) is 42.9 Å². The lowest BCUT2D eigenvalue weighted by molar-refractivity contribution is -0.239. The summed E-state index contributed by atoms with van der Waals surface area (Å²) in [5, 5.41) is 22.2. The Balaban J connectivity index is 1.56. The molecule has 3 heteroatoms. The van der Waals surface area contributed by atoms with Gasteiger partial charge in [0.2, 0.25) is 0 Å². The number of methoxy groups -OCH3 is 1. The van der Waals surface area contributed by atoms with Gasteiger partial charge in [-0.25, -0.2) is 0 Å². The standard InChI is InChI=1S/C29H49NO2/c1-19(2)8-7-9-20(3)24-10-11-25-23-16-21(18-30)29(31)17-22(32-6)12-15-28(29,5)26(23)13-14-27(24,25)4/h19-26,31H,7-17H2,1-6H3/t20-,21-,22+,23-,24-,25+,26+,27-,28-,29+/m1/s1. The van der Waals surface area contributed by atoms with Crippen LogP contribution in [0.15, 0.2) is 0 Å². The van der Waals surface area contributed by atoms with Crippen LogP contribution in [0.1, 0.15) is 105 Å². The van der Waals surface area contributed by atoms with Crippen molar-refractivity contribution in [1.82, 2.24) is 0 Å². The Bertz CT molecular complexity index is 714. The Labute approximate surface area is 197 Å². The quantitative estimate of drug-likeness (QED) is 0.481. The average molecular weight is 444 g/mol. The molecule has 0 unspecified atom stereocenters. The molecule has 182 valence electrons. The van der Waals surface area contributed by atoms with Gasteiger partial charge in [-0.3, -0.25) is 0 Å². The summed E-state index contributed by atoms with van der Waals surface area (Å²) >= 11 is 0. The Kier molecular flexibility index (Phi) is 6.81. The maximum Gasteiger partial charge on any atom is 0.0885 e. The number of rotatable bonds is 6. The molecule has 0 aliphatic heterocycles. The summed E-state index contributed by atoms with van der Waals surface area (Å²) < 4.78 is 5.68. The fourth-order valence-corrected chi connectivity index (χ4v) is 9.67. The number of hydrogen-bond donors (Lipinski definition) is 1. The smallest absolute Gasteiger partial charge is 0.0885 e. The minimum atomic E-state index is -0.891. The van der Waals surface area contributed by atoms with Crippen LogP contribution < -0.4 is 0 Å². The van der Waals surface area contributed by atoms with Crippen molar-refractivity contribution in [3.8, 4) is 6.07 Å². The van der Waals surface area contributed by atoms with Gasteiger partial charge in [-0.2, -0.15) is 5.26 Å². The van der Waals surface area contributed by atoms with E-state index in [1.165, 1.54) is 44.9 Å². The van der Waals surface area contributed by atoms with E-state index >= 15 is 0 Å². The summed E-state index contributed by atoms with van der Waals surface area (Å²) in [5.41, 5.74) is -0.612. The molecular weight excluding hydrogens is 394 g/mol. The van der Waals surface area contributed by atoms with Crippen molar-refractivity contribution in [3.63, 3.8) is 0 Å². The first-order valence-corrected chi connectivity index (χ1v) is 13.8. The maximum absolute atomic E-state index is 12.0. The topological polar surface area (TPSA) is 53.2 Å². The Hall–Kier alpha value is -0.590. The molecule has 0 bridgehead atoms. The zero-order chi connectivity index (χ0) is 23.3. The van der Waals surface area contributed by atoms with Gasteiger partial charge in [-0.15, -0.1) is 0 Å². The Morgan fingerprint density at radius 3 is 2.44 bits per heavy atom. The Morgan fingerprint density at radius 1 is 1.03 bits per heavy atom. The van der Waals surface area contributed by atoms with E-state index in [1.54, 1.807) is 7.11 Å². The molecule has 0 amide bonds. The van der Waals surface area contributed by atoms with Gasteiger partial charge in [0.05, 0.1) is 23.7 Å². The first-order chi connectivity index (χ1) is 15.1. The fraction of sp³-hybridized carbons (Fsp3) is 0.966. The molecule has 10 atom stereocenters. The lowest BCUT2D eigenvalue weighted by atomic mass is 9.41. The highest BCUT2D eigenvalue weighted by Crippen LogP contribution is 2.70. The summed E-state index contributed by atoms with van der Waals surface area (Å²) in [5.74, 6) is 4.09. The Morgan fingerprint density at radius 2 is 1.78 bits per heavy atom.